The first-order chi connectivity index (χ1) is 13.5. The third-order valence-electron chi connectivity index (χ3n) is 4.56. The lowest BCUT2D eigenvalue weighted by atomic mass is 10.1. The average Bonchev–Trinajstić information content (AvgIpc) is 3.34. The summed E-state index contributed by atoms with van der Waals surface area (Å²) < 4.78 is 16.5. The predicted octanol–water partition coefficient (Wildman–Crippen LogP) is 5.09. The van der Waals surface area contributed by atoms with Gasteiger partial charge in [-0.1, -0.05) is 17.7 Å². The van der Waals surface area contributed by atoms with Gasteiger partial charge in [-0.05, 0) is 48.9 Å². The minimum absolute atomic E-state index is 0.0490. The number of fused-ring (bicyclic) bond motifs is 1. The van der Waals surface area contributed by atoms with Crippen LogP contribution in [0.15, 0.2) is 52.9 Å². The fourth-order valence-corrected chi connectivity index (χ4v) is 3.20. The first kappa shape index (κ1) is 18.3. The van der Waals surface area contributed by atoms with Gasteiger partial charge in [-0.3, -0.25) is 10.1 Å². The normalized spacial score (nSPS) is 13.5. The number of benzene rings is 2. The molecule has 1 aromatic heterocycles. The maximum Gasteiger partial charge on any atom is 0.281 e. The molecule has 4 rings (SSSR count). The van der Waals surface area contributed by atoms with E-state index in [9.17, 15) is 10.1 Å². The summed E-state index contributed by atoms with van der Waals surface area (Å²) in [5.74, 6) is 2.58. The Morgan fingerprint density at radius 1 is 1.14 bits per heavy atom. The molecule has 1 atom stereocenters. The van der Waals surface area contributed by atoms with Crippen LogP contribution in [-0.2, 0) is 6.54 Å². The summed E-state index contributed by atoms with van der Waals surface area (Å²) in [6, 6.07) is 13.9. The number of ether oxygens (including phenoxy) is 2. The summed E-state index contributed by atoms with van der Waals surface area (Å²) in [4.78, 5) is 10.8. The molecule has 0 aliphatic carbocycles. The Morgan fingerprint density at radius 2 is 1.96 bits per heavy atom. The summed E-state index contributed by atoms with van der Waals surface area (Å²) >= 11 is 5.87. The quantitative estimate of drug-likeness (QED) is 0.458. The van der Waals surface area contributed by atoms with E-state index < -0.39 is 4.92 Å². The molecule has 1 aliphatic heterocycles. The lowest BCUT2D eigenvalue weighted by Gasteiger charge is -2.13. The molecule has 144 valence electrons. The van der Waals surface area contributed by atoms with Crippen molar-refractivity contribution in [3.8, 4) is 22.8 Å². The number of nitrogens with one attached hydrogen (secondary N) is 1. The van der Waals surface area contributed by atoms with Crippen molar-refractivity contribution >= 4 is 17.3 Å². The Labute approximate surface area is 166 Å². The molecule has 2 heterocycles. The van der Waals surface area contributed by atoms with Gasteiger partial charge in [0.05, 0.1) is 17.0 Å². The van der Waals surface area contributed by atoms with Crippen molar-refractivity contribution in [3.63, 3.8) is 0 Å². The predicted molar refractivity (Wildman–Crippen MR) is 104 cm³/mol. The lowest BCUT2D eigenvalue weighted by molar-refractivity contribution is -0.384. The first-order valence-corrected chi connectivity index (χ1v) is 9.05. The second-order valence-corrected chi connectivity index (χ2v) is 6.84. The van der Waals surface area contributed by atoms with Crippen LogP contribution in [0.5, 0.6) is 11.5 Å². The minimum atomic E-state index is -0.469. The zero-order chi connectivity index (χ0) is 19.7. The van der Waals surface area contributed by atoms with Gasteiger partial charge < -0.3 is 19.2 Å². The topological polar surface area (TPSA) is 86.8 Å². The van der Waals surface area contributed by atoms with Crippen LogP contribution in [-0.4, -0.2) is 11.7 Å². The molecule has 28 heavy (non-hydrogen) atoms. The monoisotopic (exact) mass is 400 g/mol. The van der Waals surface area contributed by atoms with Gasteiger partial charge in [-0.25, -0.2) is 0 Å². The van der Waals surface area contributed by atoms with Gasteiger partial charge in [0.1, 0.15) is 11.5 Å². The fraction of sp³-hybridized carbons (Fsp3) is 0.200. The van der Waals surface area contributed by atoms with Gasteiger partial charge in [0.25, 0.3) is 5.69 Å². The minimum Gasteiger partial charge on any atom is -0.459 e. The molecule has 1 unspecified atom stereocenters. The number of nitro benzene ring substituents is 1. The SMILES string of the molecule is CC(NCc1ccc(-c2ccc(Cl)cc2[N+](=O)[O-])o1)c1ccc2c(c1)OCO2. The van der Waals surface area contributed by atoms with Crippen molar-refractivity contribution in [1.82, 2.24) is 5.32 Å². The molecule has 2 aromatic carbocycles. The Kier molecular flexibility index (Phi) is 4.93. The number of nitrogens with zero attached hydrogens (tertiary/aromatic N) is 1. The van der Waals surface area contributed by atoms with Gasteiger partial charge in [0, 0.05) is 17.1 Å². The second kappa shape index (κ2) is 7.53. The highest BCUT2D eigenvalue weighted by Crippen LogP contribution is 2.35. The Hall–Kier alpha value is -3.03. The van der Waals surface area contributed by atoms with Crippen LogP contribution >= 0.6 is 11.6 Å². The number of hydrogen-bond donors (Lipinski definition) is 1. The maximum absolute atomic E-state index is 11.3. The Morgan fingerprint density at radius 3 is 2.79 bits per heavy atom. The van der Waals surface area contributed by atoms with Crippen LogP contribution in [0.3, 0.4) is 0 Å². The second-order valence-electron chi connectivity index (χ2n) is 6.40. The van der Waals surface area contributed by atoms with E-state index >= 15 is 0 Å². The van der Waals surface area contributed by atoms with Gasteiger partial charge in [-0.2, -0.15) is 0 Å². The van der Waals surface area contributed by atoms with Crippen LogP contribution in [0.4, 0.5) is 5.69 Å². The van der Waals surface area contributed by atoms with E-state index in [1.54, 1.807) is 24.3 Å². The highest BCUT2D eigenvalue weighted by atomic mass is 35.5. The van der Waals surface area contributed by atoms with Gasteiger partial charge >= 0.3 is 0 Å². The number of rotatable bonds is 6. The maximum atomic E-state index is 11.3. The Balaban J connectivity index is 1.46. The number of furan rings is 1. The van der Waals surface area contributed by atoms with Gasteiger partial charge in [0.2, 0.25) is 6.79 Å². The van der Waals surface area contributed by atoms with E-state index in [0.29, 0.717) is 28.7 Å². The van der Waals surface area contributed by atoms with E-state index in [-0.39, 0.29) is 18.5 Å². The third kappa shape index (κ3) is 3.67. The van der Waals surface area contributed by atoms with E-state index in [1.165, 1.54) is 6.07 Å². The molecule has 1 N–H and O–H groups in total. The molecule has 0 spiro atoms. The van der Waals surface area contributed by atoms with Crippen LogP contribution in [0.25, 0.3) is 11.3 Å². The summed E-state index contributed by atoms with van der Waals surface area (Å²) in [6.45, 7) is 2.75. The van der Waals surface area contributed by atoms with Crippen molar-refractivity contribution in [1.29, 1.82) is 0 Å². The molecular formula is C20H17ClN2O5. The van der Waals surface area contributed by atoms with Crippen molar-refractivity contribution in [2.75, 3.05) is 6.79 Å². The van der Waals surface area contributed by atoms with E-state index in [4.69, 9.17) is 25.5 Å². The van der Waals surface area contributed by atoms with Crippen molar-refractivity contribution in [2.45, 2.75) is 19.5 Å². The number of nitro groups is 1. The van der Waals surface area contributed by atoms with Crippen molar-refractivity contribution in [3.05, 3.63) is 75.0 Å². The van der Waals surface area contributed by atoms with E-state index in [0.717, 1.165) is 17.1 Å². The molecule has 0 amide bonds. The zero-order valence-electron chi connectivity index (χ0n) is 15.0. The van der Waals surface area contributed by atoms with Crippen LogP contribution in [0.1, 0.15) is 24.3 Å². The molecule has 0 saturated heterocycles. The summed E-state index contributed by atoms with van der Waals surface area (Å²) in [5.41, 5.74) is 1.36. The molecule has 7 nitrogen and oxygen atoms in total. The van der Waals surface area contributed by atoms with Gasteiger partial charge in [0.15, 0.2) is 11.5 Å². The molecule has 0 fully saturated rings. The summed E-state index contributed by atoms with van der Waals surface area (Å²) in [5, 5.41) is 15.0. The molecule has 8 heteroatoms. The fourth-order valence-electron chi connectivity index (χ4n) is 3.04. The Bertz CT molecular complexity index is 1030. The van der Waals surface area contributed by atoms with Crippen LogP contribution < -0.4 is 14.8 Å². The molecule has 0 bridgehead atoms. The molecule has 0 radical (unpaired) electrons. The smallest absolute Gasteiger partial charge is 0.281 e. The number of halogens is 1. The standard InChI is InChI=1S/C20H17ClN2O5/c1-12(13-2-6-19-20(8-13)27-11-26-19)22-10-15-4-7-18(28-15)16-5-3-14(21)9-17(16)23(24)25/h2-9,12,22H,10-11H2,1H3. The largest absolute Gasteiger partial charge is 0.459 e. The average molecular weight is 401 g/mol. The molecule has 3 aromatic rings. The zero-order valence-corrected chi connectivity index (χ0v) is 15.7. The van der Waals surface area contributed by atoms with Crippen LogP contribution in [0, 0.1) is 10.1 Å². The van der Waals surface area contributed by atoms with Crippen molar-refractivity contribution in [2.24, 2.45) is 0 Å². The van der Waals surface area contributed by atoms with E-state index in [2.05, 4.69) is 5.32 Å². The highest BCUT2D eigenvalue weighted by Gasteiger charge is 2.19. The first-order valence-electron chi connectivity index (χ1n) is 8.67. The third-order valence-corrected chi connectivity index (χ3v) is 4.80. The molecule has 1 aliphatic rings. The molecular weight excluding hydrogens is 384 g/mol. The number of hydrogen-bond acceptors (Lipinski definition) is 6. The van der Waals surface area contributed by atoms with Crippen molar-refractivity contribution < 1.29 is 18.8 Å². The summed E-state index contributed by atoms with van der Waals surface area (Å²) in [7, 11) is 0. The lowest BCUT2D eigenvalue weighted by Crippen LogP contribution is -2.17. The molecule has 0 saturated carbocycles. The van der Waals surface area contributed by atoms with Gasteiger partial charge in [-0.15, -0.1) is 0 Å². The highest BCUT2D eigenvalue weighted by molar-refractivity contribution is 6.30. The summed E-state index contributed by atoms with van der Waals surface area (Å²) in [6.07, 6.45) is 0. The van der Waals surface area contributed by atoms with E-state index in [1.807, 2.05) is 25.1 Å². The van der Waals surface area contributed by atoms with Crippen LogP contribution in [0.2, 0.25) is 5.02 Å².